The molecule has 0 radical (unpaired) electrons. The van der Waals surface area contributed by atoms with Gasteiger partial charge in [0.2, 0.25) is 0 Å². The van der Waals surface area contributed by atoms with Gasteiger partial charge >= 0.3 is 0 Å². The van der Waals surface area contributed by atoms with Gasteiger partial charge in [0, 0.05) is 6.54 Å². The minimum Gasteiger partial charge on any atom is -0.496 e. The topological polar surface area (TPSA) is 38.8 Å². The average Bonchev–Trinajstić information content (AvgIpc) is 2.62. The van der Waals surface area contributed by atoms with Gasteiger partial charge in [-0.15, -0.1) is 0 Å². The molecule has 1 saturated heterocycles. The quantitative estimate of drug-likeness (QED) is 0.874. The molecular weight excluding hydrogens is 278 g/mol. The molecule has 2 aromatic rings. The minimum absolute atomic E-state index is 0.0123. The van der Waals surface area contributed by atoms with Crippen LogP contribution in [0.3, 0.4) is 0 Å². The van der Waals surface area contributed by atoms with E-state index in [4.69, 9.17) is 9.47 Å². The molecule has 1 fully saturated rings. The molecular formula is C18H19NO3. The van der Waals surface area contributed by atoms with Gasteiger partial charge in [-0.05, 0) is 17.7 Å². The molecule has 0 bridgehead atoms. The van der Waals surface area contributed by atoms with E-state index in [9.17, 15) is 4.79 Å². The summed E-state index contributed by atoms with van der Waals surface area (Å²) in [6.45, 7) is 1.70. The summed E-state index contributed by atoms with van der Waals surface area (Å²) in [5.74, 6) is 0.594. The third kappa shape index (κ3) is 2.97. The molecule has 0 unspecified atom stereocenters. The van der Waals surface area contributed by atoms with Crippen molar-refractivity contribution in [3.63, 3.8) is 0 Å². The molecule has 1 amide bonds. The Kier molecular flexibility index (Phi) is 4.39. The number of hydrogen-bond acceptors (Lipinski definition) is 3. The fourth-order valence-corrected chi connectivity index (χ4v) is 2.69. The van der Waals surface area contributed by atoms with E-state index in [0.717, 1.165) is 5.56 Å². The molecule has 0 aliphatic carbocycles. The number of morpholine rings is 1. The summed E-state index contributed by atoms with van der Waals surface area (Å²) in [6.07, 6.45) is -0.0754. The van der Waals surface area contributed by atoms with Crippen molar-refractivity contribution >= 4 is 5.91 Å². The van der Waals surface area contributed by atoms with Crippen LogP contribution in [0, 0.1) is 0 Å². The second-order valence-corrected chi connectivity index (χ2v) is 5.22. The van der Waals surface area contributed by atoms with Crippen molar-refractivity contribution in [1.29, 1.82) is 0 Å². The predicted molar refractivity (Wildman–Crippen MR) is 84.0 cm³/mol. The summed E-state index contributed by atoms with van der Waals surface area (Å²) in [4.78, 5) is 14.6. The van der Waals surface area contributed by atoms with E-state index in [1.165, 1.54) is 0 Å². The van der Waals surface area contributed by atoms with Gasteiger partial charge in [-0.2, -0.15) is 0 Å². The first-order chi connectivity index (χ1) is 10.8. The van der Waals surface area contributed by atoms with E-state index in [-0.39, 0.29) is 12.0 Å². The largest absolute Gasteiger partial charge is 0.496 e. The number of benzene rings is 2. The zero-order valence-corrected chi connectivity index (χ0v) is 12.6. The molecule has 0 saturated carbocycles. The van der Waals surface area contributed by atoms with E-state index in [2.05, 4.69) is 0 Å². The third-order valence-electron chi connectivity index (χ3n) is 3.86. The Hall–Kier alpha value is -2.33. The van der Waals surface area contributed by atoms with E-state index < -0.39 is 0 Å². The van der Waals surface area contributed by atoms with Gasteiger partial charge in [0.15, 0.2) is 0 Å². The Balaban J connectivity index is 1.78. The molecule has 0 aromatic heterocycles. The second-order valence-electron chi connectivity index (χ2n) is 5.22. The number of para-hydroxylation sites is 1. The molecule has 4 nitrogen and oxygen atoms in total. The lowest BCUT2D eigenvalue weighted by atomic mass is 10.1. The van der Waals surface area contributed by atoms with Crippen LogP contribution < -0.4 is 4.74 Å². The number of hydrogen-bond donors (Lipinski definition) is 0. The molecule has 1 atom stereocenters. The van der Waals surface area contributed by atoms with Crippen LogP contribution in [0.2, 0.25) is 0 Å². The van der Waals surface area contributed by atoms with Crippen molar-refractivity contribution in [3.8, 4) is 5.75 Å². The van der Waals surface area contributed by atoms with Gasteiger partial charge in [-0.3, -0.25) is 4.79 Å². The highest BCUT2D eigenvalue weighted by Crippen LogP contribution is 2.25. The highest BCUT2D eigenvalue weighted by atomic mass is 16.5. The summed E-state index contributed by atoms with van der Waals surface area (Å²) >= 11 is 0. The van der Waals surface area contributed by atoms with Crippen molar-refractivity contribution in [2.75, 3.05) is 26.8 Å². The molecule has 3 rings (SSSR count). The van der Waals surface area contributed by atoms with E-state index in [1.54, 1.807) is 13.2 Å². The first kappa shape index (κ1) is 14.6. The standard InChI is InChI=1S/C18H19NO3/c1-21-16-10-6-5-9-15(16)18(20)19-11-12-22-17(13-19)14-7-3-2-4-8-14/h2-10,17H,11-13H2,1H3/t17-/m0/s1. The number of nitrogens with zero attached hydrogens (tertiary/aromatic N) is 1. The highest BCUT2D eigenvalue weighted by Gasteiger charge is 2.27. The van der Waals surface area contributed by atoms with Crippen LogP contribution in [0.4, 0.5) is 0 Å². The predicted octanol–water partition coefficient (Wildman–Crippen LogP) is 2.91. The van der Waals surface area contributed by atoms with Crippen LogP contribution in [0.1, 0.15) is 22.0 Å². The summed E-state index contributed by atoms with van der Waals surface area (Å²) in [7, 11) is 1.58. The summed E-state index contributed by atoms with van der Waals surface area (Å²) in [5.41, 5.74) is 1.69. The van der Waals surface area contributed by atoms with Gasteiger partial charge in [0.25, 0.3) is 5.91 Å². The molecule has 1 heterocycles. The van der Waals surface area contributed by atoms with E-state index in [1.807, 2.05) is 53.4 Å². The SMILES string of the molecule is COc1ccccc1C(=O)N1CCO[C@H](c2ccccc2)C1. The maximum absolute atomic E-state index is 12.7. The fourth-order valence-electron chi connectivity index (χ4n) is 2.69. The normalized spacial score (nSPS) is 18.0. The van der Waals surface area contributed by atoms with Crippen molar-refractivity contribution in [2.24, 2.45) is 0 Å². The van der Waals surface area contributed by atoms with Crippen molar-refractivity contribution in [3.05, 3.63) is 65.7 Å². The zero-order valence-electron chi connectivity index (χ0n) is 12.6. The van der Waals surface area contributed by atoms with Crippen LogP contribution in [0.25, 0.3) is 0 Å². The maximum atomic E-state index is 12.7. The van der Waals surface area contributed by atoms with Crippen LogP contribution >= 0.6 is 0 Å². The summed E-state index contributed by atoms with van der Waals surface area (Å²) in [5, 5.41) is 0. The number of ether oxygens (including phenoxy) is 2. The smallest absolute Gasteiger partial charge is 0.257 e. The van der Waals surface area contributed by atoms with Crippen molar-refractivity contribution < 1.29 is 14.3 Å². The number of carbonyl (C=O) groups excluding carboxylic acids is 1. The Labute approximate surface area is 130 Å². The Morgan fingerprint density at radius 3 is 2.64 bits per heavy atom. The first-order valence-corrected chi connectivity index (χ1v) is 7.38. The molecule has 2 aromatic carbocycles. The van der Waals surface area contributed by atoms with Crippen molar-refractivity contribution in [2.45, 2.75) is 6.10 Å². The monoisotopic (exact) mass is 297 g/mol. The van der Waals surface area contributed by atoms with Gasteiger partial charge in [0.05, 0.1) is 25.8 Å². The Morgan fingerprint density at radius 2 is 1.86 bits per heavy atom. The van der Waals surface area contributed by atoms with Crippen molar-refractivity contribution in [1.82, 2.24) is 4.90 Å². The molecule has 0 spiro atoms. The number of rotatable bonds is 3. The first-order valence-electron chi connectivity index (χ1n) is 7.38. The molecule has 22 heavy (non-hydrogen) atoms. The molecule has 1 aliphatic rings. The number of carbonyl (C=O) groups is 1. The summed E-state index contributed by atoms with van der Waals surface area (Å²) in [6, 6.07) is 17.3. The van der Waals surface area contributed by atoms with Crippen LogP contribution in [-0.2, 0) is 4.74 Å². The molecule has 114 valence electrons. The number of amides is 1. The van der Waals surface area contributed by atoms with Gasteiger partial charge in [0.1, 0.15) is 11.9 Å². The fraction of sp³-hybridized carbons (Fsp3) is 0.278. The zero-order chi connectivity index (χ0) is 15.4. The highest BCUT2D eigenvalue weighted by molar-refractivity contribution is 5.97. The van der Waals surface area contributed by atoms with Crippen LogP contribution in [-0.4, -0.2) is 37.6 Å². The molecule has 4 heteroatoms. The second kappa shape index (κ2) is 6.62. The van der Waals surface area contributed by atoms with Crippen LogP contribution in [0.15, 0.2) is 54.6 Å². The third-order valence-corrected chi connectivity index (χ3v) is 3.86. The lowest BCUT2D eigenvalue weighted by Gasteiger charge is -2.33. The maximum Gasteiger partial charge on any atom is 0.257 e. The Bertz CT molecular complexity index is 642. The van der Waals surface area contributed by atoms with Gasteiger partial charge in [-0.25, -0.2) is 0 Å². The minimum atomic E-state index is -0.0754. The summed E-state index contributed by atoms with van der Waals surface area (Å²) < 4.78 is 11.1. The molecule has 0 N–H and O–H groups in total. The Morgan fingerprint density at radius 1 is 1.14 bits per heavy atom. The number of methoxy groups -OCH3 is 1. The molecule has 1 aliphatic heterocycles. The van der Waals surface area contributed by atoms with Gasteiger partial charge < -0.3 is 14.4 Å². The average molecular weight is 297 g/mol. The lowest BCUT2D eigenvalue weighted by molar-refractivity contribution is -0.0229. The van der Waals surface area contributed by atoms with E-state index >= 15 is 0 Å². The lowest BCUT2D eigenvalue weighted by Crippen LogP contribution is -2.42. The van der Waals surface area contributed by atoms with Gasteiger partial charge in [-0.1, -0.05) is 42.5 Å². The van der Waals surface area contributed by atoms with Crippen LogP contribution in [0.5, 0.6) is 5.75 Å². The van der Waals surface area contributed by atoms with E-state index in [0.29, 0.717) is 31.0 Å².